The van der Waals surface area contributed by atoms with Crippen LogP contribution in [0, 0.1) is 5.92 Å². The Bertz CT molecular complexity index is 914. The SMILES string of the molecule is CCCc1cccc2c1CN(C(=O)C[C@@H]1C[C@@H](C(=O)N3CC(F)C[C@H]3B(O)O)NC1=O)C2. The fraction of sp³-hybridized carbons (Fsp3) is 0.591. The van der Waals surface area contributed by atoms with Crippen LogP contribution in [0.25, 0.3) is 0 Å². The van der Waals surface area contributed by atoms with Gasteiger partial charge < -0.3 is 25.2 Å². The number of carbonyl (C=O) groups excluding carboxylic acids is 3. The van der Waals surface area contributed by atoms with Crippen LogP contribution in [-0.4, -0.2) is 69.4 Å². The van der Waals surface area contributed by atoms with Gasteiger partial charge in [-0.25, -0.2) is 4.39 Å². The highest BCUT2D eigenvalue weighted by Gasteiger charge is 2.47. The third kappa shape index (κ3) is 4.38. The average molecular weight is 445 g/mol. The van der Waals surface area contributed by atoms with E-state index < -0.39 is 37.1 Å². The van der Waals surface area contributed by atoms with Crippen molar-refractivity contribution in [3.05, 3.63) is 34.9 Å². The molecule has 0 aliphatic carbocycles. The zero-order chi connectivity index (χ0) is 23.0. The highest BCUT2D eigenvalue weighted by atomic mass is 19.1. The lowest BCUT2D eigenvalue weighted by Crippen LogP contribution is -2.51. The Morgan fingerprint density at radius 3 is 2.75 bits per heavy atom. The van der Waals surface area contributed by atoms with Gasteiger partial charge in [-0.05, 0) is 36.0 Å². The fourth-order valence-electron chi connectivity index (χ4n) is 5.14. The first-order valence-electron chi connectivity index (χ1n) is 11.3. The van der Waals surface area contributed by atoms with E-state index in [1.165, 1.54) is 11.1 Å². The molecular weight excluding hydrogens is 416 g/mol. The first-order valence-corrected chi connectivity index (χ1v) is 11.3. The molecule has 0 saturated carbocycles. The molecule has 3 heterocycles. The summed E-state index contributed by atoms with van der Waals surface area (Å²) in [5.74, 6) is -2.72. The number of amides is 3. The molecule has 0 radical (unpaired) electrons. The third-order valence-corrected chi connectivity index (χ3v) is 6.80. The summed E-state index contributed by atoms with van der Waals surface area (Å²) in [5.41, 5.74) is 3.58. The molecular formula is C22H29BFN3O5. The number of aryl methyl sites for hydroxylation is 1. The van der Waals surface area contributed by atoms with Crippen LogP contribution in [0.1, 0.15) is 49.3 Å². The number of nitrogens with zero attached hydrogens (tertiary/aromatic N) is 2. The Balaban J connectivity index is 1.37. The maximum atomic E-state index is 13.8. The molecule has 1 aromatic rings. The lowest BCUT2D eigenvalue weighted by atomic mass is 9.77. The minimum Gasteiger partial charge on any atom is -0.426 e. The number of hydrogen-bond acceptors (Lipinski definition) is 5. The van der Waals surface area contributed by atoms with Crippen LogP contribution in [0.4, 0.5) is 4.39 Å². The molecule has 2 fully saturated rings. The summed E-state index contributed by atoms with van der Waals surface area (Å²) in [7, 11) is -1.84. The van der Waals surface area contributed by atoms with E-state index in [-0.39, 0.29) is 37.6 Å². The first kappa shape index (κ1) is 22.7. The minimum absolute atomic E-state index is 0.00447. The van der Waals surface area contributed by atoms with Crippen molar-refractivity contribution in [3.63, 3.8) is 0 Å². The van der Waals surface area contributed by atoms with Crippen molar-refractivity contribution in [2.24, 2.45) is 5.92 Å². The molecule has 4 rings (SSSR count). The number of nitrogens with one attached hydrogen (secondary N) is 1. The lowest BCUT2D eigenvalue weighted by Gasteiger charge is -2.26. The van der Waals surface area contributed by atoms with Gasteiger partial charge in [-0.15, -0.1) is 0 Å². The van der Waals surface area contributed by atoms with Gasteiger partial charge in [-0.2, -0.15) is 0 Å². The Hall–Kier alpha value is -2.46. The number of hydrogen-bond donors (Lipinski definition) is 3. The number of alkyl halides is 1. The number of carbonyl (C=O) groups is 3. The fourth-order valence-corrected chi connectivity index (χ4v) is 5.14. The van der Waals surface area contributed by atoms with Crippen LogP contribution in [0.3, 0.4) is 0 Å². The van der Waals surface area contributed by atoms with Gasteiger partial charge >= 0.3 is 7.12 Å². The van der Waals surface area contributed by atoms with Crippen molar-refractivity contribution in [1.82, 2.24) is 15.1 Å². The maximum absolute atomic E-state index is 13.8. The van der Waals surface area contributed by atoms with E-state index in [4.69, 9.17) is 0 Å². The first-order chi connectivity index (χ1) is 15.3. The molecule has 3 amide bonds. The van der Waals surface area contributed by atoms with Crippen molar-refractivity contribution in [1.29, 1.82) is 0 Å². The average Bonchev–Trinajstić information content (AvgIpc) is 3.45. The van der Waals surface area contributed by atoms with Crippen molar-refractivity contribution in [2.45, 2.75) is 70.3 Å². The van der Waals surface area contributed by atoms with Crippen molar-refractivity contribution >= 4 is 24.8 Å². The molecule has 10 heteroatoms. The van der Waals surface area contributed by atoms with Crippen molar-refractivity contribution < 1.29 is 28.8 Å². The van der Waals surface area contributed by atoms with Crippen molar-refractivity contribution in [2.75, 3.05) is 6.54 Å². The standard InChI is InChI=1S/C22H29BFN3O5/c1-2-4-13-5-3-6-14-10-26(12-17(13)14)20(28)8-15-7-18(25-21(15)29)22(30)27-11-16(24)9-19(27)23(31)32/h3,5-6,15-16,18-19,31-32H,2,4,7-12H2,1H3,(H,25,29)/t15-,16?,18-,19-/m0/s1. The van der Waals surface area contributed by atoms with Crippen LogP contribution in [0.5, 0.6) is 0 Å². The summed E-state index contributed by atoms with van der Waals surface area (Å²) in [6.45, 7) is 2.93. The Labute approximate surface area is 186 Å². The van der Waals surface area contributed by atoms with Crippen LogP contribution < -0.4 is 5.32 Å². The van der Waals surface area contributed by atoms with E-state index in [2.05, 4.69) is 18.3 Å². The Morgan fingerprint density at radius 2 is 2.03 bits per heavy atom. The van der Waals surface area contributed by atoms with Gasteiger partial charge in [0.15, 0.2) is 0 Å². The van der Waals surface area contributed by atoms with Gasteiger partial charge in [0.1, 0.15) is 12.2 Å². The van der Waals surface area contributed by atoms with Gasteiger partial charge in [-0.1, -0.05) is 31.5 Å². The van der Waals surface area contributed by atoms with Crippen LogP contribution >= 0.6 is 0 Å². The summed E-state index contributed by atoms with van der Waals surface area (Å²) < 4.78 is 13.8. The van der Waals surface area contributed by atoms with E-state index in [9.17, 15) is 28.8 Å². The highest BCUT2D eigenvalue weighted by molar-refractivity contribution is 6.43. The highest BCUT2D eigenvalue weighted by Crippen LogP contribution is 2.30. The molecule has 3 N–H and O–H groups in total. The van der Waals surface area contributed by atoms with Crippen LogP contribution in [-0.2, 0) is 33.9 Å². The van der Waals surface area contributed by atoms with Gasteiger partial charge in [0.05, 0.1) is 12.5 Å². The molecule has 32 heavy (non-hydrogen) atoms. The predicted octanol–water partition coefficient (Wildman–Crippen LogP) is 0.327. The second kappa shape index (κ2) is 9.19. The number of benzene rings is 1. The van der Waals surface area contributed by atoms with Crippen LogP contribution in [0.2, 0.25) is 0 Å². The van der Waals surface area contributed by atoms with E-state index in [0.717, 1.165) is 23.3 Å². The molecule has 3 aliphatic heterocycles. The normalized spacial score (nSPS) is 26.9. The topological polar surface area (TPSA) is 110 Å². The van der Waals surface area contributed by atoms with E-state index in [1.54, 1.807) is 4.90 Å². The molecule has 3 aliphatic rings. The monoisotopic (exact) mass is 445 g/mol. The minimum atomic E-state index is -1.84. The molecule has 172 valence electrons. The molecule has 2 saturated heterocycles. The molecule has 0 aromatic heterocycles. The number of halogens is 1. The third-order valence-electron chi connectivity index (χ3n) is 6.80. The summed E-state index contributed by atoms with van der Waals surface area (Å²) in [6, 6.07) is 5.24. The summed E-state index contributed by atoms with van der Waals surface area (Å²) in [6.07, 6.45) is 0.629. The largest absolute Gasteiger partial charge is 0.475 e. The zero-order valence-electron chi connectivity index (χ0n) is 18.2. The molecule has 4 atom stereocenters. The number of fused-ring (bicyclic) bond motifs is 1. The molecule has 8 nitrogen and oxygen atoms in total. The Kier molecular flexibility index (Phi) is 6.53. The lowest BCUT2D eigenvalue weighted by molar-refractivity contribution is -0.135. The van der Waals surface area contributed by atoms with Gasteiger partial charge in [-0.3, -0.25) is 14.4 Å². The van der Waals surface area contributed by atoms with Gasteiger partial charge in [0.2, 0.25) is 17.7 Å². The van der Waals surface area contributed by atoms with E-state index >= 15 is 0 Å². The number of likely N-dealkylation sites (tertiary alicyclic amines) is 1. The molecule has 0 bridgehead atoms. The zero-order valence-corrected chi connectivity index (χ0v) is 18.2. The Morgan fingerprint density at radius 1 is 1.25 bits per heavy atom. The predicted molar refractivity (Wildman–Crippen MR) is 115 cm³/mol. The molecule has 1 unspecified atom stereocenters. The van der Waals surface area contributed by atoms with Crippen molar-refractivity contribution in [3.8, 4) is 0 Å². The summed E-state index contributed by atoms with van der Waals surface area (Å²) >= 11 is 0. The van der Waals surface area contributed by atoms with E-state index in [0.29, 0.717) is 13.1 Å². The maximum Gasteiger partial charge on any atom is 0.475 e. The van der Waals surface area contributed by atoms with E-state index in [1.807, 2.05) is 12.1 Å². The van der Waals surface area contributed by atoms with Gasteiger partial charge in [0.25, 0.3) is 0 Å². The second-order valence-electron chi connectivity index (χ2n) is 9.06. The second-order valence-corrected chi connectivity index (χ2v) is 9.06. The smallest absolute Gasteiger partial charge is 0.426 e. The quantitative estimate of drug-likeness (QED) is 0.547. The molecule has 1 aromatic carbocycles. The summed E-state index contributed by atoms with van der Waals surface area (Å²) in [4.78, 5) is 41.1. The van der Waals surface area contributed by atoms with Crippen LogP contribution in [0.15, 0.2) is 18.2 Å². The molecule has 0 spiro atoms. The summed E-state index contributed by atoms with van der Waals surface area (Å²) in [5, 5.41) is 21.5. The number of rotatable bonds is 6. The van der Waals surface area contributed by atoms with Gasteiger partial charge in [0, 0.05) is 25.4 Å².